The summed E-state index contributed by atoms with van der Waals surface area (Å²) in [6, 6.07) is 9.13. The molecule has 3 N–H and O–H groups in total. The number of carboxylic acid groups (broad SMARTS) is 1. The average molecular weight is 276 g/mol. The van der Waals surface area contributed by atoms with Crippen LogP contribution in [0.2, 0.25) is 0 Å². The number of benzene rings is 1. The Kier molecular flexibility index (Phi) is 3.97. The molecule has 1 heterocycles. The molecule has 0 spiro atoms. The zero-order chi connectivity index (χ0) is 13.9. The van der Waals surface area contributed by atoms with Crippen LogP contribution in [-0.2, 0) is 16.6 Å². The maximum Gasteiger partial charge on any atom is 0.315 e. The number of rotatable bonds is 5. The molecule has 4 nitrogen and oxygen atoms in total. The summed E-state index contributed by atoms with van der Waals surface area (Å²) < 4.78 is 0. The molecule has 1 aromatic heterocycles. The van der Waals surface area contributed by atoms with Crippen molar-refractivity contribution < 1.29 is 9.90 Å². The molecule has 100 valence electrons. The van der Waals surface area contributed by atoms with Crippen LogP contribution in [0.1, 0.15) is 16.3 Å². The first-order valence-electron chi connectivity index (χ1n) is 5.98. The van der Waals surface area contributed by atoms with Crippen LogP contribution in [0, 0.1) is 6.92 Å². The van der Waals surface area contributed by atoms with Gasteiger partial charge in [-0.3, -0.25) is 4.79 Å². The number of aromatic nitrogens is 1. The lowest BCUT2D eigenvalue weighted by atomic mass is 9.77. The Morgan fingerprint density at radius 3 is 2.58 bits per heavy atom. The number of aliphatic carboxylic acids is 1. The number of hydrogen-bond acceptors (Lipinski definition) is 4. The van der Waals surface area contributed by atoms with Crippen LogP contribution >= 0.6 is 11.3 Å². The smallest absolute Gasteiger partial charge is 0.315 e. The predicted octanol–water partition coefficient (Wildman–Crippen LogP) is 1.98. The fourth-order valence-electron chi connectivity index (χ4n) is 2.13. The van der Waals surface area contributed by atoms with Crippen molar-refractivity contribution in [2.45, 2.75) is 18.8 Å². The van der Waals surface area contributed by atoms with Gasteiger partial charge < -0.3 is 10.8 Å². The molecular weight excluding hydrogens is 260 g/mol. The van der Waals surface area contributed by atoms with E-state index in [0.717, 1.165) is 16.3 Å². The van der Waals surface area contributed by atoms with Gasteiger partial charge in [-0.1, -0.05) is 30.3 Å². The highest BCUT2D eigenvalue weighted by Gasteiger charge is 2.39. The van der Waals surface area contributed by atoms with Gasteiger partial charge in [0, 0.05) is 18.3 Å². The van der Waals surface area contributed by atoms with E-state index in [9.17, 15) is 9.90 Å². The molecule has 2 rings (SSSR count). The van der Waals surface area contributed by atoms with Crippen LogP contribution in [0.15, 0.2) is 35.7 Å². The molecule has 2 aromatic rings. The molecule has 5 heteroatoms. The molecule has 0 saturated carbocycles. The van der Waals surface area contributed by atoms with Crippen molar-refractivity contribution in [2.75, 3.05) is 6.54 Å². The minimum atomic E-state index is -1.11. The van der Waals surface area contributed by atoms with E-state index in [-0.39, 0.29) is 6.54 Å². The van der Waals surface area contributed by atoms with Crippen molar-refractivity contribution in [3.05, 3.63) is 52.0 Å². The third kappa shape index (κ3) is 2.67. The number of aryl methyl sites for hydroxylation is 1. The van der Waals surface area contributed by atoms with Crippen molar-refractivity contribution in [3.8, 4) is 0 Å². The van der Waals surface area contributed by atoms with Gasteiger partial charge in [0.15, 0.2) is 0 Å². The second kappa shape index (κ2) is 5.50. The Morgan fingerprint density at radius 1 is 1.42 bits per heavy atom. The second-order valence-electron chi connectivity index (χ2n) is 4.49. The number of thiazole rings is 1. The molecule has 0 aliphatic carbocycles. The Balaban J connectivity index is 2.43. The van der Waals surface area contributed by atoms with Crippen molar-refractivity contribution in [1.29, 1.82) is 0 Å². The fourth-order valence-corrected chi connectivity index (χ4v) is 2.75. The third-order valence-electron chi connectivity index (χ3n) is 3.23. The van der Waals surface area contributed by atoms with Crippen LogP contribution in [-0.4, -0.2) is 22.6 Å². The molecule has 0 radical (unpaired) electrons. The molecule has 19 heavy (non-hydrogen) atoms. The van der Waals surface area contributed by atoms with Crippen LogP contribution < -0.4 is 5.73 Å². The average Bonchev–Trinajstić information content (AvgIpc) is 2.82. The van der Waals surface area contributed by atoms with Gasteiger partial charge in [0.25, 0.3) is 0 Å². The summed E-state index contributed by atoms with van der Waals surface area (Å²) in [6.45, 7) is 1.95. The Hall–Kier alpha value is -1.72. The quantitative estimate of drug-likeness (QED) is 0.875. The molecule has 0 saturated heterocycles. The molecule has 1 atom stereocenters. The van der Waals surface area contributed by atoms with Gasteiger partial charge >= 0.3 is 5.97 Å². The van der Waals surface area contributed by atoms with Crippen LogP contribution in [0.3, 0.4) is 0 Å². The lowest BCUT2D eigenvalue weighted by molar-refractivity contribution is -0.143. The minimum Gasteiger partial charge on any atom is -0.481 e. The molecule has 0 bridgehead atoms. The first-order chi connectivity index (χ1) is 9.08. The number of carbonyl (C=O) groups is 1. The highest BCUT2D eigenvalue weighted by atomic mass is 32.1. The lowest BCUT2D eigenvalue weighted by Gasteiger charge is -2.27. The van der Waals surface area contributed by atoms with E-state index in [1.165, 1.54) is 11.3 Å². The normalized spacial score (nSPS) is 14.0. The lowest BCUT2D eigenvalue weighted by Crippen LogP contribution is -2.45. The summed E-state index contributed by atoms with van der Waals surface area (Å²) in [5, 5.41) is 12.5. The van der Waals surface area contributed by atoms with E-state index < -0.39 is 11.4 Å². The largest absolute Gasteiger partial charge is 0.481 e. The van der Waals surface area contributed by atoms with Gasteiger partial charge in [0.1, 0.15) is 5.41 Å². The van der Waals surface area contributed by atoms with E-state index in [2.05, 4.69) is 4.98 Å². The summed E-state index contributed by atoms with van der Waals surface area (Å²) in [5.41, 5.74) is 6.18. The number of hydrogen-bond donors (Lipinski definition) is 2. The SMILES string of the molecule is Cc1nc(CC(CN)(C(=O)O)c2ccccc2)cs1. The molecule has 1 unspecified atom stereocenters. The highest BCUT2D eigenvalue weighted by molar-refractivity contribution is 7.09. The summed E-state index contributed by atoms with van der Waals surface area (Å²) in [6.07, 6.45) is 0.313. The van der Waals surface area contributed by atoms with Gasteiger partial charge in [-0.2, -0.15) is 0 Å². The Labute approximate surface area is 115 Å². The maximum absolute atomic E-state index is 11.8. The van der Waals surface area contributed by atoms with Crippen molar-refractivity contribution in [2.24, 2.45) is 5.73 Å². The summed E-state index contributed by atoms with van der Waals surface area (Å²) >= 11 is 1.52. The molecule has 0 amide bonds. The Bertz CT molecular complexity index is 568. The van der Waals surface area contributed by atoms with Crippen molar-refractivity contribution in [1.82, 2.24) is 4.98 Å². The standard InChI is InChI=1S/C14H16N2O2S/c1-10-16-12(8-19-10)7-14(9-15,13(17)18)11-5-3-2-4-6-11/h2-6,8H,7,9,15H2,1H3,(H,17,18). The molecular formula is C14H16N2O2S. The monoisotopic (exact) mass is 276 g/mol. The van der Waals surface area contributed by atoms with E-state index in [1.807, 2.05) is 30.5 Å². The van der Waals surface area contributed by atoms with Gasteiger partial charge in [0.05, 0.1) is 10.7 Å². The highest BCUT2D eigenvalue weighted by Crippen LogP contribution is 2.28. The second-order valence-corrected chi connectivity index (χ2v) is 5.55. The van der Waals surface area contributed by atoms with Gasteiger partial charge in [-0.05, 0) is 12.5 Å². The maximum atomic E-state index is 11.8. The number of nitrogens with zero attached hydrogens (tertiary/aromatic N) is 1. The van der Waals surface area contributed by atoms with E-state index >= 15 is 0 Å². The van der Waals surface area contributed by atoms with E-state index in [4.69, 9.17) is 5.73 Å². The zero-order valence-electron chi connectivity index (χ0n) is 10.7. The third-order valence-corrected chi connectivity index (χ3v) is 4.06. The van der Waals surface area contributed by atoms with Crippen LogP contribution in [0.5, 0.6) is 0 Å². The predicted molar refractivity (Wildman–Crippen MR) is 75.4 cm³/mol. The van der Waals surface area contributed by atoms with Crippen LogP contribution in [0.25, 0.3) is 0 Å². The van der Waals surface area contributed by atoms with Crippen molar-refractivity contribution >= 4 is 17.3 Å². The van der Waals surface area contributed by atoms with E-state index in [1.54, 1.807) is 12.1 Å². The summed E-state index contributed by atoms with van der Waals surface area (Å²) in [7, 11) is 0. The molecule has 1 aromatic carbocycles. The summed E-state index contributed by atoms with van der Waals surface area (Å²) in [5.74, 6) is -0.910. The Morgan fingerprint density at radius 2 is 2.11 bits per heavy atom. The number of nitrogens with two attached hydrogens (primary N) is 1. The van der Waals surface area contributed by atoms with Gasteiger partial charge in [-0.25, -0.2) is 4.98 Å². The molecule has 0 aliphatic rings. The topological polar surface area (TPSA) is 76.2 Å². The van der Waals surface area contributed by atoms with Gasteiger partial charge in [-0.15, -0.1) is 11.3 Å². The van der Waals surface area contributed by atoms with Crippen LogP contribution in [0.4, 0.5) is 0 Å². The van der Waals surface area contributed by atoms with E-state index in [0.29, 0.717) is 6.42 Å². The minimum absolute atomic E-state index is 0.0446. The fraction of sp³-hybridized carbons (Fsp3) is 0.286. The first-order valence-corrected chi connectivity index (χ1v) is 6.86. The number of carboxylic acids is 1. The summed E-state index contributed by atoms with van der Waals surface area (Å²) in [4.78, 5) is 16.1. The zero-order valence-corrected chi connectivity index (χ0v) is 11.5. The van der Waals surface area contributed by atoms with Gasteiger partial charge in [0.2, 0.25) is 0 Å². The molecule has 0 fully saturated rings. The first kappa shape index (κ1) is 13.7. The molecule has 0 aliphatic heterocycles. The van der Waals surface area contributed by atoms with Crippen molar-refractivity contribution in [3.63, 3.8) is 0 Å².